The van der Waals surface area contributed by atoms with Crippen molar-refractivity contribution >= 4 is 24.1 Å². The highest BCUT2D eigenvalue weighted by molar-refractivity contribution is 5.87. The zero-order valence-corrected chi connectivity index (χ0v) is 32.1. The summed E-state index contributed by atoms with van der Waals surface area (Å²) in [5, 5.41) is 28.4. The van der Waals surface area contributed by atoms with Gasteiger partial charge in [0.15, 0.2) is 11.4 Å². The molecule has 0 aliphatic carbocycles. The number of aromatic nitrogens is 2. The fraction of sp³-hybridized carbons (Fsp3) is 0.429. The lowest BCUT2D eigenvalue weighted by Gasteiger charge is -2.36. The van der Waals surface area contributed by atoms with Gasteiger partial charge in [-0.2, -0.15) is 0 Å². The van der Waals surface area contributed by atoms with Crippen LogP contribution in [0.2, 0.25) is 0 Å². The van der Waals surface area contributed by atoms with E-state index < -0.39 is 47.2 Å². The molecule has 4 N–H and O–H groups in total. The molecule has 12 heteroatoms. The maximum Gasteiger partial charge on any atom is 0.360 e. The Kier molecular flexibility index (Phi) is 14.9. The highest BCUT2D eigenvalue weighted by Gasteiger charge is 2.39. The Hall–Kier alpha value is -5.04. The third-order valence-corrected chi connectivity index (χ3v) is 9.50. The summed E-state index contributed by atoms with van der Waals surface area (Å²) in [7, 11) is 0. The second-order valence-electron chi connectivity index (χ2n) is 14.5. The van der Waals surface area contributed by atoms with Crippen LogP contribution in [0.15, 0.2) is 107 Å². The number of esters is 2. The summed E-state index contributed by atoms with van der Waals surface area (Å²) in [5.74, 6) is -0.836. The van der Waals surface area contributed by atoms with Crippen molar-refractivity contribution in [2.75, 3.05) is 0 Å². The largest absolute Gasteiger partial charge is 0.457 e. The Balaban J connectivity index is 1.56. The van der Waals surface area contributed by atoms with E-state index in [1.807, 2.05) is 91.0 Å². The number of nitrogens with zero attached hydrogens (tertiary/aromatic N) is 2. The molecule has 0 amide bonds. The molecular formula is C42H54N4O8. The molecule has 1 saturated heterocycles. The number of carbonyl (C=O) groups is 2. The van der Waals surface area contributed by atoms with Gasteiger partial charge in [-0.3, -0.25) is 0 Å². The standard InChI is InChI=1S/C42H54N4O8/c1-8-16-33(47)41(4,5)35-21-14-20-30-29(44-30)19-11-13-24-38-46-32(27-52-38)40(50)54-36(42(6,7)34(48)17-9-2)22-15-25-43-28(3)18-10-12-23-37-45-31(26-51-37)39(49)53-35/h8-20,23-30,33-36,43-44,47-48H,21-22H2,1-7H3/b16-8+,17-9+,18-10+,19-11+,20-14-,23-12-,24-13-,25-15-/t28-,29+,30-,33+,34+,35+,36+/m1/s1. The molecule has 4 bridgehead atoms. The summed E-state index contributed by atoms with van der Waals surface area (Å²) >= 11 is 0. The number of aliphatic hydroxyl groups excluding tert-OH is 2. The van der Waals surface area contributed by atoms with Crippen molar-refractivity contribution in [3.05, 3.63) is 121 Å². The number of nitrogens with one attached hydrogen (secondary N) is 2. The number of aliphatic hydroxyl groups is 2. The van der Waals surface area contributed by atoms with E-state index in [0.717, 1.165) is 0 Å². The van der Waals surface area contributed by atoms with Gasteiger partial charge in [-0.15, -0.1) is 0 Å². The number of allylic oxidation sites excluding steroid dienone is 6. The van der Waals surface area contributed by atoms with Gasteiger partial charge in [0.25, 0.3) is 0 Å². The van der Waals surface area contributed by atoms with Crippen LogP contribution in [-0.2, 0) is 9.47 Å². The molecule has 0 spiro atoms. The molecule has 4 rings (SSSR count). The molecule has 7 atom stereocenters. The van der Waals surface area contributed by atoms with Crippen LogP contribution in [0.25, 0.3) is 12.2 Å². The summed E-state index contributed by atoms with van der Waals surface area (Å²) in [4.78, 5) is 35.0. The van der Waals surface area contributed by atoms with Gasteiger partial charge in [0.05, 0.1) is 12.2 Å². The van der Waals surface area contributed by atoms with Crippen molar-refractivity contribution in [2.45, 2.75) is 104 Å². The number of hydrogen-bond acceptors (Lipinski definition) is 12. The number of ether oxygens (including phenoxy) is 2. The SMILES string of the molecule is C/C=C/[C@H](O)C(C)(C)[C@@H]1C/C=C\[C@H]2N[C@H]2/C=C/C=C\c2nc(co2)C(=O)O[C@H](C(C)(C)[C@@H](O)/C=C/C)C/C=C\N[C@H](C)/C=C/C=C\c2nc(co2)C(=O)O1. The number of fused-ring (bicyclic) bond motifs is 5. The normalized spacial score (nSPS) is 28.4. The van der Waals surface area contributed by atoms with Gasteiger partial charge in [0.2, 0.25) is 11.8 Å². The summed E-state index contributed by atoms with van der Waals surface area (Å²) in [6.45, 7) is 13.0. The number of rotatable bonds is 6. The van der Waals surface area contributed by atoms with E-state index in [1.54, 1.807) is 54.8 Å². The van der Waals surface area contributed by atoms with Crippen LogP contribution in [0.1, 0.15) is 94.1 Å². The highest BCUT2D eigenvalue weighted by Crippen LogP contribution is 2.33. The highest BCUT2D eigenvalue weighted by atomic mass is 16.6. The number of carbonyl (C=O) groups excluding carboxylic acids is 2. The quantitative estimate of drug-likeness (QED) is 0.141. The fourth-order valence-corrected chi connectivity index (χ4v) is 5.57. The molecule has 0 unspecified atom stereocenters. The first-order valence-corrected chi connectivity index (χ1v) is 18.2. The van der Waals surface area contributed by atoms with Crippen LogP contribution in [0, 0.1) is 10.8 Å². The molecule has 4 heterocycles. The van der Waals surface area contributed by atoms with Crippen LogP contribution in [0.5, 0.6) is 0 Å². The third kappa shape index (κ3) is 11.7. The minimum atomic E-state index is -0.867. The lowest BCUT2D eigenvalue weighted by molar-refractivity contribution is -0.0461. The van der Waals surface area contributed by atoms with E-state index in [2.05, 4.69) is 20.6 Å². The second-order valence-corrected chi connectivity index (χ2v) is 14.5. The molecule has 290 valence electrons. The van der Waals surface area contributed by atoms with E-state index in [1.165, 1.54) is 12.5 Å². The van der Waals surface area contributed by atoms with Crippen LogP contribution in [0.3, 0.4) is 0 Å². The zero-order chi connectivity index (χ0) is 39.3. The Morgan fingerprint density at radius 1 is 0.741 bits per heavy atom. The van der Waals surface area contributed by atoms with Crippen LogP contribution in [0.4, 0.5) is 0 Å². The molecule has 2 aromatic heterocycles. The van der Waals surface area contributed by atoms with Gasteiger partial charge in [-0.05, 0) is 27.0 Å². The van der Waals surface area contributed by atoms with E-state index in [4.69, 9.17) is 18.3 Å². The van der Waals surface area contributed by atoms with Crippen molar-refractivity contribution in [1.82, 2.24) is 20.6 Å². The van der Waals surface area contributed by atoms with Crippen molar-refractivity contribution in [3.63, 3.8) is 0 Å². The third-order valence-electron chi connectivity index (χ3n) is 9.50. The number of cyclic esters (lactones) is 2. The average molecular weight is 743 g/mol. The molecular weight excluding hydrogens is 688 g/mol. The maximum atomic E-state index is 13.2. The fourth-order valence-electron chi connectivity index (χ4n) is 5.57. The van der Waals surface area contributed by atoms with Crippen LogP contribution >= 0.6 is 0 Å². The minimum Gasteiger partial charge on any atom is -0.457 e. The van der Waals surface area contributed by atoms with Crippen LogP contribution < -0.4 is 10.6 Å². The monoisotopic (exact) mass is 742 g/mol. The molecule has 0 aromatic carbocycles. The molecule has 2 aromatic rings. The van der Waals surface area contributed by atoms with E-state index in [-0.39, 0.29) is 41.3 Å². The smallest absolute Gasteiger partial charge is 0.360 e. The van der Waals surface area contributed by atoms with Crippen molar-refractivity contribution < 1.29 is 38.1 Å². The topological polar surface area (TPSA) is 179 Å². The van der Waals surface area contributed by atoms with Crippen LogP contribution in [-0.4, -0.2) is 74.7 Å². The van der Waals surface area contributed by atoms with Crippen molar-refractivity contribution in [3.8, 4) is 0 Å². The van der Waals surface area contributed by atoms with Gasteiger partial charge >= 0.3 is 11.9 Å². The molecule has 0 saturated carbocycles. The number of hydrogen-bond donors (Lipinski definition) is 4. The van der Waals surface area contributed by atoms with E-state index in [9.17, 15) is 19.8 Å². The van der Waals surface area contributed by atoms with E-state index in [0.29, 0.717) is 12.8 Å². The first-order valence-electron chi connectivity index (χ1n) is 18.2. The van der Waals surface area contributed by atoms with Crippen molar-refractivity contribution in [1.29, 1.82) is 0 Å². The van der Waals surface area contributed by atoms with Crippen molar-refractivity contribution in [2.24, 2.45) is 10.8 Å². The summed E-state index contributed by atoms with van der Waals surface area (Å²) in [6.07, 6.45) is 28.9. The molecule has 2 aliphatic heterocycles. The summed E-state index contributed by atoms with van der Waals surface area (Å²) in [6, 6.07) is 0.0920. The van der Waals surface area contributed by atoms with Gasteiger partial charge in [0, 0.05) is 53.9 Å². The molecule has 0 radical (unpaired) electrons. The molecule has 54 heavy (non-hydrogen) atoms. The first-order chi connectivity index (χ1) is 25.8. The molecule has 1 fully saturated rings. The molecule has 12 nitrogen and oxygen atoms in total. The lowest BCUT2D eigenvalue weighted by Crippen LogP contribution is -2.42. The second kappa shape index (κ2) is 19.3. The zero-order valence-electron chi connectivity index (χ0n) is 32.1. The summed E-state index contributed by atoms with van der Waals surface area (Å²) in [5.41, 5.74) is -1.59. The van der Waals surface area contributed by atoms with Gasteiger partial charge in [-0.1, -0.05) is 107 Å². The average Bonchev–Trinajstić information content (AvgIpc) is 3.46. The summed E-state index contributed by atoms with van der Waals surface area (Å²) < 4.78 is 22.9. The van der Waals surface area contributed by atoms with Gasteiger partial charge < -0.3 is 39.2 Å². The van der Waals surface area contributed by atoms with Gasteiger partial charge in [-0.25, -0.2) is 19.6 Å². The van der Waals surface area contributed by atoms with Gasteiger partial charge in [0.1, 0.15) is 24.7 Å². The predicted molar refractivity (Wildman–Crippen MR) is 208 cm³/mol. The maximum absolute atomic E-state index is 13.2. The minimum absolute atomic E-state index is 0.0222. The Bertz CT molecular complexity index is 1790. The number of oxazole rings is 2. The molecule has 2 aliphatic rings. The Morgan fingerprint density at radius 3 is 1.74 bits per heavy atom. The lowest BCUT2D eigenvalue weighted by atomic mass is 9.79. The predicted octanol–water partition coefficient (Wildman–Crippen LogP) is 6.66. The van der Waals surface area contributed by atoms with E-state index >= 15 is 0 Å². The Labute approximate surface area is 317 Å². The first kappa shape index (κ1) is 41.7. The Morgan fingerprint density at radius 2 is 1.22 bits per heavy atom.